The van der Waals surface area contributed by atoms with Gasteiger partial charge in [-0.25, -0.2) is 9.78 Å². The molecule has 2 N–H and O–H groups in total. The minimum Gasteiger partial charge on any atom is -0.335 e. The summed E-state index contributed by atoms with van der Waals surface area (Å²) < 4.78 is 1.98. The lowest BCUT2D eigenvalue weighted by atomic mass is 10.1. The van der Waals surface area contributed by atoms with Gasteiger partial charge in [0, 0.05) is 24.0 Å². The second-order valence-corrected chi connectivity index (χ2v) is 6.22. The predicted octanol–water partition coefficient (Wildman–Crippen LogP) is 4.07. The van der Waals surface area contributed by atoms with Crippen LogP contribution in [0.25, 0.3) is 16.9 Å². The average molecular weight is 320 g/mol. The fourth-order valence-corrected chi connectivity index (χ4v) is 3.29. The third kappa shape index (κ3) is 2.97. The van der Waals surface area contributed by atoms with E-state index in [4.69, 9.17) is 0 Å². The van der Waals surface area contributed by atoms with Gasteiger partial charge >= 0.3 is 6.03 Å². The van der Waals surface area contributed by atoms with Gasteiger partial charge in [-0.15, -0.1) is 0 Å². The molecule has 4 rings (SSSR count). The summed E-state index contributed by atoms with van der Waals surface area (Å²) in [5.74, 6) is 0. The van der Waals surface area contributed by atoms with Crippen LogP contribution in [-0.2, 0) is 0 Å². The largest absolute Gasteiger partial charge is 0.335 e. The van der Waals surface area contributed by atoms with E-state index in [1.165, 1.54) is 12.8 Å². The summed E-state index contributed by atoms with van der Waals surface area (Å²) in [6.45, 7) is 0. The molecule has 122 valence electrons. The van der Waals surface area contributed by atoms with E-state index in [-0.39, 0.29) is 6.03 Å². The van der Waals surface area contributed by atoms with Crippen molar-refractivity contribution in [3.05, 3.63) is 54.9 Å². The SMILES string of the molecule is O=C(Nc1ccccc1-c1cn2ccccc2n1)NC1CCCC1. The zero-order valence-corrected chi connectivity index (χ0v) is 13.4. The molecule has 1 aliphatic rings. The van der Waals surface area contributed by atoms with E-state index in [1.807, 2.05) is 59.3 Å². The maximum absolute atomic E-state index is 12.3. The van der Waals surface area contributed by atoms with Gasteiger partial charge < -0.3 is 15.0 Å². The Kier molecular flexibility index (Phi) is 3.91. The van der Waals surface area contributed by atoms with Crippen LogP contribution in [0.15, 0.2) is 54.9 Å². The van der Waals surface area contributed by atoms with Crippen molar-refractivity contribution in [2.75, 3.05) is 5.32 Å². The highest BCUT2D eigenvalue weighted by atomic mass is 16.2. The molecule has 0 radical (unpaired) electrons. The lowest BCUT2D eigenvalue weighted by molar-refractivity contribution is 0.248. The Labute approximate surface area is 140 Å². The maximum atomic E-state index is 12.3. The fraction of sp³-hybridized carbons (Fsp3) is 0.263. The molecule has 2 heterocycles. The van der Waals surface area contributed by atoms with E-state index < -0.39 is 0 Å². The molecule has 0 bridgehead atoms. The summed E-state index contributed by atoms with van der Waals surface area (Å²) >= 11 is 0. The molecule has 5 heteroatoms. The lowest BCUT2D eigenvalue weighted by Gasteiger charge is -2.14. The number of nitrogens with one attached hydrogen (secondary N) is 2. The quantitative estimate of drug-likeness (QED) is 0.764. The number of hydrogen-bond acceptors (Lipinski definition) is 2. The molecular weight excluding hydrogens is 300 g/mol. The Morgan fingerprint density at radius 1 is 1.08 bits per heavy atom. The first-order valence-corrected chi connectivity index (χ1v) is 8.40. The molecule has 2 aromatic heterocycles. The van der Waals surface area contributed by atoms with Crippen molar-refractivity contribution in [2.45, 2.75) is 31.7 Å². The first-order valence-electron chi connectivity index (χ1n) is 8.40. The third-order valence-corrected chi connectivity index (χ3v) is 4.51. The topological polar surface area (TPSA) is 58.4 Å². The highest BCUT2D eigenvalue weighted by molar-refractivity contribution is 5.94. The van der Waals surface area contributed by atoms with Crippen LogP contribution in [0.1, 0.15) is 25.7 Å². The van der Waals surface area contributed by atoms with Gasteiger partial charge in [-0.2, -0.15) is 0 Å². The Hall–Kier alpha value is -2.82. The van der Waals surface area contributed by atoms with Crippen LogP contribution < -0.4 is 10.6 Å². The minimum absolute atomic E-state index is 0.141. The van der Waals surface area contributed by atoms with Crippen LogP contribution >= 0.6 is 0 Å². The van der Waals surface area contributed by atoms with Gasteiger partial charge in [0.1, 0.15) is 5.65 Å². The van der Waals surface area contributed by atoms with Crippen molar-refractivity contribution in [3.63, 3.8) is 0 Å². The number of imidazole rings is 1. The molecule has 3 aromatic rings. The summed E-state index contributed by atoms with van der Waals surface area (Å²) in [7, 11) is 0. The maximum Gasteiger partial charge on any atom is 0.319 e. The van der Waals surface area contributed by atoms with Crippen molar-refractivity contribution in [1.82, 2.24) is 14.7 Å². The molecule has 0 atom stereocenters. The lowest BCUT2D eigenvalue weighted by Crippen LogP contribution is -2.36. The smallest absolute Gasteiger partial charge is 0.319 e. The molecular formula is C19H20N4O. The van der Waals surface area contributed by atoms with Crippen molar-refractivity contribution in [3.8, 4) is 11.3 Å². The summed E-state index contributed by atoms with van der Waals surface area (Å²) in [5.41, 5.74) is 3.43. The monoisotopic (exact) mass is 320 g/mol. The van der Waals surface area contributed by atoms with E-state index in [9.17, 15) is 4.79 Å². The van der Waals surface area contributed by atoms with Gasteiger partial charge in [-0.05, 0) is 31.0 Å². The van der Waals surface area contributed by atoms with Gasteiger partial charge in [0.25, 0.3) is 0 Å². The first kappa shape index (κ1) is 14.8. The normalized spacial score (nSPS) is 14.8. The van der Waals surface area contributed by atoms with Gasteiger partial charge in [0.15, 0.2) is 0 Å². The number of aromatic nitrogens is 2. The molecule has 1 saturated carbocycles. The molecule has 0 unspecified atom stereocenters. The van der Waals surface area contributed by atoms with Crippen molar-refractivity contribution < 1.29 is 4.79 Å². The zero-order chi connectivity index (χ0) is 16.4. The molecule has 1 aromatic carbocycles. The molecule has 1 fully saturated rings. The number of rotatable bonds is 3. The number of amides is 2. The number of hydrogen-bond donors (Lipinski definition) is 2. The number of urea groups is 1. The van der Waals surface area contributed by atoms with Crippen molar-refractivity contribution in [1.29, 1.82) is 0 Å². The molecule has 5 nitrogen and oxygen atoms in total. The zero-order valence-electron chi connectivity index (χ0n) is 13.4. The Morgan fingerprint density at radius 2 is 1.88 bits per heavy atom. The molecule has 1 aliphatic carbocycles. The van der Waals surface area contributed by atoms with Crippen LogP contribution in [0.3, 0.4) is 0 Å². The van der Waals surface area contributed by atoms with Crippen molar-refractivity contribution >= 4 is 17.4 Å². The van der Waals surface area contributed by atoms with E-state index in [0.717, 1.165) is 35.4 Å². The highest BCUT2D eigenvalue weighted by Gasteiger charge is 2.18. The summed E-state index contributed by atoms with van der Waals surface area (Å²) in [6, 6.07) is 13.8. The Bertz CT molecular complexity index is 831. The fourth-order valence-electron chi connectivity index (χ4n) is 3.29. The number of anilines is 1. The Balaban J connectivity index is 1.59. The van der Waals surface area contributed by atoms with Crippen LogP contribution in [0.4, 0.5) is 10.5 Å². The van der Waals surface area contributed by atoms with Crippen LogP contribution in [0.5, 0.6) is 0 Å². The van der Waals surface area contributed by atoms with Crippen molar-refractivity contribution in [2.24, 2.45) is 0 Å². The predicted molar refractivity (Wildman–Crippen MR) is 95.0 cm³/mol. The van der Waals surface area contributed by atoms with Gasteiger partial charge in [0.2, 0.25) is 0 Å². The second kappa shape index (κ2) is 6.35. The summed E-state index contributed by atoms with van der Waals surface area (Å²) in [4.78, 5) is 16.9. The number of fused-ring (bicyclic) bond motifs is 1. The third-order valence-electron chi connectivity index (χ3n) is 4.51. The van der Waals surface area contributed by atoms with Gasteiger partial charge in [-0.1, -0.05) is 37.1 Å². The van der Waals surface area contributed by atoms with E-state index in [0.29, 0.717) is 6.04 Å². The molecule has 0 spiro atoms. The van der Waals surface area contributed by atoms with Crippen LogP contribution in [0.2, 0.25) is 0 Å². The van der Waals surface area contributed by atoms with Crippen LogP contribution in [-0.4, -0.2) is 21.5 Å². The number of carbonyl (C=O) groups excluding carboxylic acids is 1. The van der Waals surface area contributed by atoms with Gasteiger partial charge in [0.05, 0.1) is 11.4 Å². The minimum atomic E-state index is -0.141. The summed E-state index contributed by atoms with van der Waals surface area (Å²) in [5, 5.41) is 6.04. The number of pyridine rings is 1. The van der Waals surface area contributed by atoms with Crippen LogP contribution in [0, 0.1) is 0 Å². The molecule has 24 heavy (non-hydrogen) atoms. The Morgan fingerprint density at radius 3 is 2.71 bits per heavy atom. The van der Waals surface area contributed by atoms with E-state index in [1.54, 1.807) is 0 Å². The number of carbonyl (C=O) groups is 1. The van der Waals surface area contributed by atoms with E-state index >= 15 is 0 Å². The highest BCUT2D eigenvalue weighted by Crippen LogP contribution is 2.27. The second-order valence-electron chi connectivity index (χ2n) is 6.22. The average Bonchev–Trinajstić information content (AvgIpc) is 3.24. The summed E-state index contributed by atoms with van der Waals surface area (Å²) in [6.07, 6.45) is 8.48. The number of nitrogens with zero attached hydrogens (tertiary/aromatic N) is 2. The standard InChI is InChI=1S/C19H20N4O/c24-19(20-14-7-1-2-8-14)22-16-10-4-3-9-15(16)17-13-23-12-6-5-11-18(23)21-17/h3-6,9-14H,1-2,7-8H2,(H2,20,22,24). The molecule has 2 amide bonds. The van der Waals surface area contributed by atoms with E-state index in [2.05, 4.69) is 15.6 Å². The first-order chi connectivity index (χ1) is 11.8. The number of para-hydroxylation sites is 1. The molecule has 0 saturated heterocycles. The van der Waals surface area contributed by atoms with Gasteiger partial charge in [-0.3, -0.25) is 0 Å². The number of benzene rings is 1. The molecule has 0 aliphatic heterocycles.